The summed E-state index contributed by atoms with van der Waals surface area (Å²) in [6, 6.07) is 19.0. The van der Waals surface area contributed by atoms with E-state index in [4.69, 9.17) is 4.74 Å². The molecule has 6 heteroatoms. The average Bonchev–Trinajstić information content (AvgIpc) is 2.82. The molecular formula is C26H23F2NO3. The van der Waals surface area contributed by atoms with Gasteiger partial charge in [-0.3, -0.25) is 4.79 Å². The number of β-lactam (4-membered cyclic amide) rings is 1. The van der Waals surface area contributed by atoms with Crippen LogP contribution in [0, 0.1) is 17.6 Å². The molecule has 0 saturated carbocycles. The molecule has 0 aliphatic carbocycles. The predicted octanol–water partition coefficient (Wildman–Crippen LogP) is 5.14. The zero-order valence-electron chi connectivity index (χ0n) is 17.5. The Morgan fingerprint density at radius 1 is 0.969 bits per heavy atom. The van der Waals surface area contributed by atoms with E-state index in [-0.39, 0.29) is 36.1 Å². The summed E-state index contributed by atoms with van der Waals surface area (Å²) >= 11 is 0. The molecule has 3 aromatic rings. The van der Waals surface area contributed by atoms with Crippen LogP contribution in [0.3, 0.4) is 0 Å². The van der Waals surface area contributed by atoms with Gasteiger partial charge in [-0.05, 0) is 71.7 Å². The highest BCUT2D eigenvalue weighted by Gasteiger charge is 2.48. The molecule has 0 unspecified atom stereocenters. The summed E-state index contributed by atoms with van der Waals surface area (Å²) in [6.07, 6.45) is 2.23. The highest BCUT2D eigenvalue weighted by molar-refractivity contribution is 6.03. The maximum atomic E-state index is 13.4. The maximum Gasteiger partial charge on any atom is 0.233 e. The molecule has 2 atom stereocenters. The molecule has 1 saturated heterocycles. The van der Waals surface area contributed by atoms with E-state index in [9.17, 15) is 18.7 Å². The molecule has 1 fully saturated rings. The van der Waals surface area contributed by atoms with Gasteiger partial charge in [0.1, 0.15) is 17.4 Å². The van der Waals surface area contributed by atoms with Crippen molar-refractivity contribution >= 4 is 17.2 Å². The summed E-state index contributed by atoms with van der Waals surface area (Å²) < 4.78 is 31.9. The lowest BCUT2D eigenvalue weighted by Crippen LogP contribution is -2.55. The molecule has 3 aromatic carbocycles. The number of carbonyl (C=O) groups excluding carboxylic acids is 1. The second-order valence-electron chi connectivity index (χ2n) is 7.64. The third-order valence-electron chi connectivity index (χ3n) is 5.78. The van der Waals surface area contributed by atoms with Gasteiger partial charge in [0, 0.05) is 5.69 Å². The first-order chi connectivity index (χ1) is 15.5. The lowest BCUT2D eigenvalue weighted by molar-refractivity contribution is -0.130. The maximum absolute atomic E-state index is 13.4. The van der Waals surface area contributed by atoms with E-state index in [2.05, 4.69) is 0 Å². The molecule has 1 aliphatic heterocycles. The molecule has 4 rings (SSSR count). The highest BCUT2D eigenvalue weighted by atomic mass is 19.1. The summed E-state index contributed by atoms with van der Waals surface area (Å²) in [7, 11) is 1.59. The first kappa shape index (κ1) is 21.7. The van der Waals surface area contributed by atoms with Crippen molar-refractivity contribution in [2.24, 2.45) is 5.92 Å². The van der Waals surface area contributed by atoms with E-state index >= 15 is 0 Å². The molecule has 32 heavy (non-hydrogen) atoms. The van der Waals surface area contributed by atoms with Gasteiger partial charge in [-0.2, -0.15) is 0 Å². The topological polar surface area (TPSA) is 49.8 Å². The van der Waals surface area contributed by atoms with E-state index in [1.54, 1.807) is 36.3 Å². The summed E-state index contributed by atoms with van der Waals surface area (Å²) in [5.41, 5.74) is 2.89. The second-order valence-corrected chi connectivity index (χ2v) is 7.64. The average molecular weight is 435 g/mol. The third-order valence-corrected chi connectivity index (χ3v) is 5.78. The van der Waals surface area contributed by atoms with E-state index in [0.717, 1.165) is 5.56 Å². The molecule has 1 N–H and O–H groups in total. The largest absolute Gasteiger partial charge is 0.497 e. The molecule has 1 heterocycles. The van der Waals surface area contributed by atoms with Crippen LogP contribution in [-0.4, -0.2) is 24.7 Å². The minimum atomic E-state index is -0.367. The fraction of sp³-hybridized carbons (Fsp3) is 0.192. The van der Waals surface area contributed by atoms with Gasteiger partial charge in [-0.1, -0.05) is 30.3 Å². The van der Waals surface area contributed by atoms with Crippen molar-refractivity contribution < 1.29 is 23.4 Å². The number of aliphatic hydroxyl groups is 1. The number of hydrogen-bond acceptors (Lipinski definition) is 3. The predicted molar refractivity (Wildman–Crippen MR) is 119 cm³/mol. The van der Waals surface area contributed by atoms with Crippen LogP contribution >= 0.6 is 0 Å². The second kappa shape index (κ2) is 9.32. The smallest absolute Gasteiger partial charge is 0.233 e. The molecular weight excluding hydrogens is 412 g/mol. The van der Waals surface area contributed by atoms with Crippen molar-refractivity contribution in [2.45, 2.75) is 12.5 Å². The number of amides is 1. The quantitative estimate of drug-likeness (QED) is 0.523. The molecule has 0 bridgehead atoms. The minimum absolute atomic E-state index is 0.0786. The number of hydrogen-bond donors (Lipinski definition) is 1. The normalized spacial score (nSPS) is 18.4. The van der Waals surface area contributed by atoms with Gasteiger partial charge in [-0.25, -0.2) is 8.78 Å². The minimum Gasteiger partial charge on any atom is -0.497 e. The Labute approximate surface area is 185 Å². The Bertz CT molecular complexity index is 1110. The number of benzene rings is 3. The van der Waals surface area contributed by atoms with E-state index in [1.807, 2.05) is 30.3 Å². The highest BCUT2D eigenvalue weighted by Crippen LogP contribution is 2.45. The summed E-state index contributed by atoms with van der Waals surface area (Å²) in [5.74, 6) is -0.438. The van der Waals surface area contributed by atoms with Crippen molar-refractivity contribution in [3.05, 3.63) is 102 Å². The zero-order valence-corrected chi connectivity index (χ0v) is 17.5. The summed E-state index contributed by atoms with van der Waals surface area (Å²) in [6.45, 7) is -0.221. The molecule has 164 valence electrons. The number of anilines is 1. The van der Waals surface area contributed by atoms with Crippen molar-refractivity contribution in [3.8, 4) is 5.75 Å². The Hall–Kier alpha value is -3.51. The lowest BCUT2D eigenvalue weighted by atomic mass is 9.79. The monoisotopic (exact) mass is 435 g/mol. The number of rotatable bonds is 7. The first-order valence-corrected chi connectivity index (χ1v) is 10.3. The Balaban J connectivity index is 1.63. The SMILES string of the molecule is COc1ccc([C@@H]2[C@@H](C/C=C(\CO)c3ccc(F)cc3)C(=O)N2c2ccc(F)cc2)cc1. The van der Waals surface area contributed by atoms with Gasteiger partial charge >= 0.3 is 0 Å². The number of allylic oxidation sites excluding steroid dienone is 1. The number of methoxy groups -OCH3 is 1. The number of nitrogens with zero attached hydrogens (tertiary/aromatic N) is 1. The first-order valence-electron chi connectivity index (χ1n) is 10.3. The van der Waals surface area contributed by atoms with Crippen LogP contribution in [0.25, 0.3) is 5.57 Å². The Morgan fingerprint density at radius 2 is 1.56 bits per heavy atom. The van der Waals surface area contributed by atoms with Crippen LogP contribution in [0.4, 0.5) is 14.5 Å². The number of aliphatic hydroxyl groups excluding tert-OH is 1. The van der Waals surface area contributed by atoms with Crippen LogP contribution in [-0.2, 0) is 4.79 Å². The van der Waals surface area contributed by atoms with Crippen LogP contribution in [0.15, 0.2) is 78.9 Å². The number of ether oxygens (including phenoxy) is 1. The summed E-state index contributed by atoms with van der Waals surface area (Å²) in [5, 5.41) is 9.81. The van der Waals surface area contributed by atoms with Gasteiger partial charge in [-0.15, -0.1) is 0 Å². The summed E-state index contributed by atoms with van der Waals surface area (Å²) in [4.78, 5) is 14.8. The standard InChI is InChI=1S/C26H23F2NO3/c1-32-23-13-4-18(5-14-23)25-24(26(31)29(25)22-11-9-21(28)10-12-22)15-6-19(16-30)17-2-7-20(27)8-3-17/h2-14,24-25,30H,15-16H2,1H3/b19-6+/t24-,25-/m1/s1. The van der Waals surface area contributed by atoms with E-state index in [0.29, 0.717) is 29.0 Å². The third kappa shape index (κ3) is 4.27. The fourth-order valence-electron chi connectivity index (χ4n) is 4.06. The number of carbonyl (C=O) groups is 1. The van der Waals surface area contributed by atoms with Gasteiger partial charge in [0.2, 0.25) is 5.91 Å². The lowest BCUT2D eigenvalue weighted by Gasteiger charge is -2.47. The molecule has 1 amide bonds. The van der Waals surface area contributed by atoms with Crippen molar-refractivity contribution in [1.29, 1.82) is 0 Å². The molecule has 0 aromatic heterocycles. The van der Waals surface area contributed by atoms with Crippen molar-refractivity contribution in [2.75, 3.05) is 18.6 Å². The number of halogens is 2. The van der Waals surface area contributed by atoms with Crippen LogP contribution in [0.5, 0.6) is 5.75 Å². The van der Waals surface area contributed by atoms with E-state index in [1.165, 1.54) is 24.3 Å². The van der Waals surface area contributed by atoms with Crippen molar-refractivity contribution in [3.63, 3.8) is 0 Å². The molecule has 4 nitrogen and oxygen atoms in total. The van der Waals surface area contributed by atoms with Gasteiger partial charge in [0.05, 0.1) is 25.7 Å². The van der Waals surface area contributed by atoms with Gasteiger partial charge in [0.15, 0.2) is 0 Å². The van der Waals surface area contributed by atoms with Crippen LogP contribution in [0.1, 0.15) is 23.6 Å². The van der Waals surface area contributed by atoms with Crippen LogP contribution in [0.2, 0.25) is 0 Å². The zero-order chi connectivity index (χ0) is 22.7. The van der Waals surface area contributed by atoms with Crippen molar-refractivity contribution in [1.82, 2.24) is 0 Å². The van der Waals surface area contributed by atoms with Gasteiger partial charge < -0.3 is 14.7 Å². The molecule has 0 radical (unpaired) electrons. The fourth-order valence-corrected chi connectivity index (χ4v) is 4.06. The molecule has 0 spiro atoms. The Morgan fingerprint density at radius 3 is 2.12 bits per heavy atom. The van der Waals surface area contributed by atoms with Crippen LogP contribution < -0.4 is 9.64 Å². The molecule has 1 aliphatic rings. The Kier molecular flexibility index (Phi) is 6.32. The van der Waals surface area contributed by atoms with E-state index < -0.39 is 0 Å². The van der Waals surface area contributed by atoms with Gasteiger partial charge in [0.25, 0.3) is 0 Å².